The van der Waals surface area contributed by atoms with Crippen LogP contribution in [-0.2, 0) is 24.4 Å². The zero-order valence-corrected chi connectivity index (χ0v) is 10.0. The Morgan fingerprint density at radius 2 is 2.12 bits per heavy atom. The van der Waals surface area contributed by atoms with E-state index in [1.165, 1.54) is 7.11 Å². The highest BCUT2D eigenvalue weighted by molar-refractivity contribution is 7.90. The average molecular weight is 252 g/mol. The van der Waals surface area contributed by atoms with E-state index < -0.39 is 21.2 Å². The fourth-order valence-corrected chi connectivity index (χ4v) is 2.64. The van der Waals surface area contributed by atoms with Gasteiger partial charge in [0.05, 0.1) is 11.4 Å². The van der Waals surface area contributed by atoms with Crippen molar-refractivity contribution in [2.24, 2.45) is 0 Å². The highest BCUT2D eigenvalue weighted by atomic mass is 32.2. The van der Waals surface area contributed by atoms with Crippen molar-refractivity contribution < 1.29 is 22.8 Å². The predicted molar refractivity (Wildman–Crippen MR) is 55.9 cm³/mol. The van der Waals surface area contributed by atoms with Gasteiger partial charge in [-0.15, -0.1) is 0 Å². The summed E-state index contributed by atoms with van der Waals surface area (Å²) in [5.74, 6) is -0.698. The van der Waals surface area contributed by atoms with E-state index in [1.807, 2.05) is 0 Å². The van der Waals surface area contributed by atoms with Gasteiger partial charge in [0, 0.05) is 27.1 Å². The van der Waals surface area contributed by atoms with Crippen molar-refractivity contribution in [2.45, 2.75) is 24.7 Å². The van der Waals surface area contributed by atoms with E-state index in [1.54, 1.807) is 4.89 Å². The van der Waals surface area contributed by atoms with E-state index in [0.717, 1.165) is 6.92 Å². The van der Waals surface area contributed by atoms with Crippen molar-refractivity contribution in [1.82, 2.24) is 10.2 Å². The van der Waals surface area contributed by atoms with E-state index >= 15 is 0 Å². The molecule has 2 N–H and O–H groups in total. The molecule has 16 heavy (non-hydrogen) atoms. The van der Waals surface area contributed by atoms with Crippen molar-refractivity contribution in [2.75, 3.05) is 20.2 Å². The second-order valence-corrected chi connectivity index (χ2v) is 5.52. The molecule has 0 unspecified atom stereocenters. The van der Waals surface area contributed by atoms with Crippen LogP contribution in [0.1, 0.15) is 13.3 Å². The van der Waals surface area contributed by atoms with Gasteiger partial charge in [0.15, 0.2) is 0 Å². The number of rotatable bonds is 4. The number of methoxy groups -OCH3 is 1. The Labute approximate surface area is 94.5 Å². The lowest BCUT2D eigenvalue weighted by molar-refractivity contribution is -0.144. The number of hydrogen-bond donors (Lipinski definition) is 2. The standard InChI is InChI=1S/C8H16N2O5S/c1-6(11)15-10-16(12,13)8-3-7(14-2)4-9-5-8/h7-10H,3-5H2,1-2H3/t7-,8+/m0/s1. The summed E-state index contributed by atoms with van der Waals surface area (Å²) in [6, 6.07) is 0. The number of hydrogen-bond acceptors (Lipinski definition) is 6. The van der Waals surface area contributed by atoms with E-state index in [9.17, 15) is 13.2 Å². The molecule has 7 nitrogen and oxygen atoms in total. The molecule has 1 heterocycles. The van der Waals surface area contributed by atoms with Crippen LogP contribution in [0, 0.1) is 0 Å². The molecule has 0 aromatic rings. The molecule has 0 aromatic heterocycles. The Bertz CT molecular complexity index is 342. The monoisotopic (exact) mass is 252 g/mol. The molecule has 1 fully saturated rings. The summed E-state index contributed by atoms with van der Waals surface area (Å²) in [4.78, 5) is 16.6. The van der Waals surface area contributed by atoms with Gasteiger partial charge in [0.1, 0.15) is 0 Å². The summed E-state index contributed by atoms with van der Waals surface area (Å²) in [6.45, 7) is 2.06. The quantitative estimate of drug-likeness (QED) is 0.608. The topological polar surface area (TPSA) is 93.7 Å². The van der Waals surface area contributed by atoms with Crippen LogP contribution >= 0.6 is 0 Å². The van der Waals surface area contributed by atoms with Crippen LogP contribution in [0.4, 0.5) is 0 Å². The van der Waals surface area contributed by atoms with Gasteiger partial charge in [-0.3, -0.25) is 4.79 Å². The van der Waals surface area contributed by atoms with Crippen molar-refractivity contribution in [1.29, 1.82) is 0 Å². The number of carbonyl (C=O) groups is 1. The largest absolute Gasteiger partial charge is 0.380 e. The summed E-state index contributed by atoms with van der Waals surface area (Å²) in [5, 5.41) is 2.28. The minimum atomic E-state index is -3.66. The molecule has 0 aliphatic carbocycles. The van der Waals surface area contributed by atoms with Gasteiger partial charge in [-0.2, -0.15) is 0 Å². The fourth-order valence-electron chi connectivity index (χ4n) is 1.47. The van der Waals surface area contributed by atoms with Crippen molar-refractivity contribution in [3.63, 3.8) is 0 Å². The molecule has 0 aromatic carbocycles. The molecule has 1 rings (SSSR count). The van der Waals surface area contributed by atoms with Gasteiger partial charge < -0.3 is 14.9 Å². The Kier molecular flexibility index (Phi) is 4.66. The minimum Gasteiger partial charge on any atom is -0.380 e. The van der Waals surface area contributed by atoms with Gasteiger partial charge in [0.25, 0.3) is 0 Å². The van der Waals surface area contributed by atoms with Crippen LogP contribution in [0.25, 0.3) is 0 Å². The molecule has 1 aliphatic rings. The van der Waals surface area contributed by atoms with Gasteiger partial charge in [-0.1, -0.05) is 0 Å². The zero-order valence-electron chi connectivity index (χ0n) is 9.23. The molecule has 0 bridgehead atoms. The van der Waals surface area contributed by atoms with Crippen LogP contribution in [0.2, 0.25) is 0 Å². The number of nitrogens with one attached hydrogen (secondary N) is 2. The summed E-state index contributed by atoms with van der Waals surface area (Å²) in [5.41, 5.74) is 0. The van der Waals surface area contributed by atoms with E-state index in [-0.39, 0.29) is 6.10 Å². The third kappa shape index (κ3) is 3.71. The van der Waals surface area contributed by atoms with Crippen molar-refractivity contribution >= 4 is 16.0 Å². The molecule has 0 spiro atoms. The van der Waals surface area contributed by atoms with Crippen LogP contribution in [0.15, 0.2) is 0 Å². The Morgan fingerprint density at radius 1 is 1.44 bits per heavy atom. The first kappa shape index (κ1) is 13.4. The molecule has 0 amide bonds. The minimum absolute atomic E-state index is 0.146. The van der Waals surface area contributed by atoms with E-state index in [4.69, 9.17) is 4.74 Å². The molecule has 0 radical (unpaired) electrons. The highest BCUT2D eigenvalue weighted by Crippen LogP contribution is 2.13. The number of ether oxygens (including phenoxy) is 1. The van der Waals surface area contributed by atoms with Crippen LogP contribution in [0.3, 0.4) is 0 Å². The maximum atomic E-state index is 11.7. The first-order valence-electron chi connectivity index (χ1n) is 4.87. The van der Waals surface area contributed by atoms with E-state index in [2.05, 4.69) is 10.2 Å². The van der Waals surface area contributed by atoms with Crippen LogP contribution in [-0.4, -0.2) is 45.9 Å². The molecule has 0 saturated carbocycles. The number of sulfonamides is 1. The second-order valence-electron chi connectivity index (χ2n) is 3.60. The maximum Gasteiger partial charge on any atom is 0.323 e. The van der Waals surface area contributed by atoms with Gasteiger partial charge in [-0.05, 0) is 11.3 Å². The van der Waals surface area contributed by atoms with Crippen molar-refractivity contribution in [3.8, 4) is 0 Å². The molecule has 2 atom stereocenters. The SMILES string of the molecule is CO[C@@H]1CNC[C@H](S(=O)(=O)NOC(C)=O)C1. The third-order valence-corrected chi connectivity index (χ3v) is 3.90. The van der Waals surface area contributed by atoms with Crippen LogP contribution in [0.5, 0.6) is 0 Å². The normalized spacial score (nSPS) is 26.4. The molecule has 94 valence electrons. The molecule has 8 heteroatoms. The molecular formula is C8H16N2O5S. The average Bonchev–Trinajstić information content (AvgIpc) is 2.27. The zero-order chi connectivity index (χ0) is 12.2. The Morgan fingerprint density at radius 3 is 2.69 bits per heavy atom. The first-order chi connectivity index (χ1) is 7.45. The lowest BCUT2D eigenvalue weighted by Crippen LogP contribution is -2.49. The lowest BCUT2D eigenvalue weighted by atomic mass is 10.1. The fraction of sp³-hybridized carbons (Fsp3) is 0.875. The highest BCUT2D eigenvalue weighted by Gasteiger charge is 2.32. The van der Waals surface area contributed by atoms with E-state index in [0.29, 0.717) is 19.5 Å². The van der Waals surface area contributed by atoms with Gasteiger partial charge >= 0.3 is 5.97 Å². The maximum absolute atomic E-state index is 11.7. The number of piperidine rings is 1. The smallest absolute Gasteiger partial charge is 0.323 e. The lowest BCUT2D eigenvalue weighted by Gasteiger charge is -2.28. The third-order valence-electron chi connectivity index (χ3n) is 2.34. The van der Waals surface area contributed by atoms with Crippen LogP contribution < -0.4 is 10.2 Å². The van der Waals surface area contributed by atoms with Crippen molar-refractivity contribution in [3.05, 3.63) is 0 Å². The summed E-state index contributed by atoms with van der Waals surface area (Å²) in [6.07, 6.45) is 0.229. The van der Waals surface area contributed by atoms with Gasteiger partial charge in [-0.25, -0.2) is 8.42 Å². The second kappa shape index (κ2) is 5.58. The predicted octanol–water partition coefficient (Wildman–Crippen LogP) is -1.24. The molecule has 1 saturated heterocycles. The first-order valence-corrected chi connectivity index (χ1v) is 6.42. The molecule has 1 aliphatic heterocycles. The summed E-state index contributed by atoms with van der Waals surface area (Å²) >= 11 is 0. The summed E-state index contributed by atoms with van der Waals surface area (Å²) in [7, 11) is -2.13. The Balaban J connectivity index is 2.57. The summed E-state index contributed by atoms with van der Waals surface area (Å²) < 4.78 is 28.4. The Hall–Kier alpha value is -0.700. The van der Waals surface area contributed by atoms with Gasteiger partial charge in [0.2, 0.25) is 10.0 Å². The number of carbonyl (C=O) groups excluding carboxylic acids is 1. The molecular weight excluding hydrogens is 236 g/mol.